The lowest BCUT2D eigenvalue weighted by atomic mass is 10.0. The van der Waals surface area contributed by atoms with Crippen molar-refractivity contribution < 1.29 is 19.3 Å². The Kier molecular flexibility index (Phi) is 6.50. The van der Waals surface area contributed by atoms with Gasteiger partial charge in [-0.25, -0.2) is 0 Å². The minimum Gasteiger partial charge on any atom is -0.493 e. The van der Waals surface area contributed by atoms with Gasteiger partial charge in [-0.1, -0.05) is 36.4 Å². The summed E-state index contributed by atoms with van der Waals surface area (Å²) >= 11 is 0. The molecule has 0 amide bonds. The van der Waals surface area contributed by atoms with E-state index in [0.717, 1.165) is 23.6 Å². The van der Waals surface area contributed by atoms with Gasteiger partial charge in [0.1, 0.15) is 0 Å². The molecule has 1 heterocycles. The maximum Gasteiger partial charge on any atom is 0.161 e. The SMILES string of the molecule is CCOc1cc(C2COC(CO)CN2Cc2ccccc2)ccc1OC. The highest BCUT2D eigenvalue weighted by atomic mass is 16.5. The Morgan fingerprint density at radius 3 is 2.65 bits per heavy atom. The van der Waals surface area contributed by atoms with Gasteiger partial charge in [-0.3, -0.25) is 4.90 Å². The molecule has 2 aromatic carbocycles. The zero-order chi connectivity index (χ0) is 18.4. The predicted octanol–water partition coefficient (Wildman–Crippen LogP) is 3.03. The van der Waals surface area contributed by atoms with E-state index >= 15 is 0 Å². The summed E-state index contributed by atoms with van der Waals surface area (Å²) in [5.74, 6) is 1.48. The molecule has 1 aliphatic heterocycles. The fraction of sp³-hybridized carbons (Fsp3) is 0.429. The molecule has 0 aromatic heterocycles. The van der Waals surface area contributed by atoms with Gasteiger partial charge in [-0.05, 0) is 30.2 Å². The van der Waals surface area contributed by atoms with E-state index in [4.69, 9.17) is 14.2 Å². The highest BCUT2D eigenvalue weighted by Crippen LogP contribution is 2.34. The van der Waals surface area contributed by atoms with Crippen LogP contribution in [0.15, 0.2) is 48.5 Å². The summed E-state index contributed by atoms with van der Waals surface area (Å²) in [5, 5.41) is 9.53. The standard InChI is InChI=1S/C21H27NO4/c1-3-25-21-11-17(9-10-20(21)24-2)19-15-26-18(14-23)13-22(19)12-16-7-5-4-6-8-16/h4-11,18-19,23H,3,12-15H2,1-2H3. The van der Waals surface area contributed by atoms with Crippen LogP contribution >= 0.6 is 0 Å². The number of nitrogens with zero attached hydrogens (tertiary/aromatic N) is 1. The summed E-state index contributed by atoms with van der Waals surface area (Å²) in [6.45, 7) is 4.61. The smallest absolute Gasteiger partial charge is 0.161 e. The van der Waals surface area contributed by atoms with E-state index in [1.165, 1.54) is 5.56 Å². The lowest BCUT2D eigenvalue weighted by molar-refractivity contribution is -0.0866. The minimum absolute atomic E-state index is 0.0326. The number of ether oxygens (including phenoxy) is 3. The van der Waals surface area contributed by atoms with Crippen molar-refractivity contribution >= 4 is 0 Å². The Bertz CT molecular complexity index is 692. The Hall–Kier alpha value is -2.08. The minimum atomic E-state index is -0.153. The van der Waals surface area contributed by atoms with E-state index in [1.54, 1.807) is 7.11 Å². The third kappa shape index (κ3) is 4.36. The Morgan fingerprint density at radius 2 is 1.96 bits per heavy atom. The molecule has 1 saturated heterocycles. The average Bonchev–Trinajstić information content (AvgIpc) is 2.69. The molecule has 1 N–H and O–H groups in total. The van der Waals surface area contributed by atoms with Gasteiger partial charge in [0, 0.05) is 13.1 Å². The zero-order valence-electron chi connectivity index (χ0n) is 15.4. The molecule has 3 rings (SSSR count). The summed E-state index contributed by atoms with van der Waals surface area (Å²) in [5.41, 5.74) is 2.37. The highest BCUT2D eigenvalue weighted by molar-refractivity contribution is 5.44. The largest absolute Gasteiger partial charge is 0.493 e. The molecule has 0 saturated carbocycles. The van der Waals surface area contributed by atoms with E-state index in [2.05, 4.69) is 35.2 Å². The molecule has 0 radical (unpaired) electrons. The van der Waals surface area contributed by atoms with E-state index in [9.17, 15) is 5.11 Å². The number of benzene rings is 2. The van der Waals surface area contributed by atoms with Crippen LogP contribution in [0.1, 0.15) is 24.1 Å². The molecule has 2 atom stereocenters. The average molecular weight is 357 g/mol. The van der Waals surface area contributed by atoms with Crippen molar-refractivity contribution in [1.82, 2.24) is 4.90 Å². The number of rotatable bonds is 7. The Balaban J connectivity index is 1.86. The number of methoxy groups -OCH3 is 1. The van der Waals surface area contributed by atoms with Crippen molar-refractivity contribution in [2.24, 2.45) is 0 Å². The van der Waals surface area contributed by atoms with Gasteiger partial charge in [0.05, 0.1) is 39.1 Å². The number of hydrogen-bond acceptors (Lipinski definition) is 5. The molecule has 5 heteroatoms. The van der Waals surface area contributed by atoms with Crippen LogP contribution in [0.3, 0.4) is 0 Å². The van der Waals surface area contributed by atoms with Crippen LogP contribution in [-0.4, -0.2) is 49.6 Å². The summed E-state index contributed by atoms with van der Waals surface area (Å²) < 4.78 is 17.0. The van der Waals surface area contributed by atoms with Gasteiger partial charge >= 0.3 is 0 Å². The number of aliphatic hydroxyl groups excluding tert-OH is 1. The van der Waals surface area contributed by atoms with Crippen LogP contribution in [0.25, 0.3) is 0 Å². The molecule has 26 heavy (non-hydrogen) atoms. The van der Waals surface area contributed by atoms with Gasteiger partial charge < -0.3 is 19.3 Å². The first-order valence-electron chi connectivity index (χ1n) is 9.06. The fourth-order valence-electron chi connectivity index (χ4n) is 3.35. The second-order valence-electron chi connectivity index (χ2n) is 6.41. The van der Waals surface area contributed by atoms with Gasteiger partial charge in [0.2, 0.25) is 0 Å². The van der Waals surface area contributed by atoms with E-state index < -0.39 is 0 Å². The predicted molar refractivity (Wildman–Crippen MR) is 101 cm³/mol. The third-order valence-electron chi connectivity index (χ3n) is 4.67. The molecule has 0 aliphatic carbocycles. The summed E-state index contributed by atoms with van der Waals surface area (Å²) in [7, 11) is 1.65. The maximum atomic E-state index is 9.53. The van der Waals surface area contributed by atoms with Crippen LogP contribution in [0.4, 0.5) is 0 Å². The zero-order valence-corrected chi connectivity index (χ0v) is 15.4. The van der Waals surface area contributed by atoms with Crippen LogP contribution in [-0.2, 0) is 11.3 Å². The normalized spacial score (nSPS) is 20.7. The van der Waals surface area contributed by atoms with Crippen molar-refractivity contribution in [2.45, 2.75) is 25.6 Å². The summed E-state index contributed by atoms with van der Waals surface area (Å²) in [4.78, 5) is 2.36. The summed E-state index contributed by atoms with van der Waals surface area (Å²) in [6.07, 6.45) is -0.153. The van der Waals surface area contributed by atoms with E-state index in [1.807, 2.05) is 25.1 Å². The van der Waals surface area contributed by atoms with Gasteiger partial charge in [-0.2, -0.15) is 0 Å². The lowest BCUT2D eigenvalue weighted by Crippen LogP contribution is -2.45. The van der Waals surface area contributed by atoms with Crippen molar-refractivity contribution in [3.8, 4) is 11.5 Å². The number of morpholine rings is 1. The maximum absolute atomic E-state index is 9.53. The molecule has 2 aromatic rings. The van der Waals surface area contributed by atoms with E-state index in [-0.39, 0.29) is 18.8 Å². The first-order valence-corrected chi connectivity index (χ1v) is 9.06. The van der Waals surface area contributed by atoms with Crippen molar-refractivity contribution in [3.05, 3.63) is 59.7 Å². The first-order chi connectivity index (χ1) is 12.7. The lowest BCUT2D eigenvalue weighted by Gasteiger charge is -2.39. The van der Waals surface area contributed by atoms with E-state index in [0.29, 0.717) is 19.8 Å². The van der Waals surface area contributed by atoms with Crippen molar-refractivity contribution in [1.29, 1.82) is 0 Å². The second-order valence-corrected chi connectivity index (χ2v) is 6.41. The Labute approximate surface area is 155 Å². The molecule has 0 spiro atoms. The van der Waals surface area contributed by atoms with Crippen LogP contribution < -0.4 is 9.47 Å². The molecule has 140 valence electrons. The first kappa shape index (κ1) is 18.7. The van der Waals surface area contributed by atoms with Gasteiger partial charge in [-0.15, -0.1) is 0 Å². The fourth-order valence-corrected chi connectivity index (χ4v) is 3.35. The molecule has 1 fully saturated rings. The topological polar surface area (TPSA) is 51.2 Å². The highest BCUT2D eigenvalue weighted by Gasteiger charge is 2.30. The Morgan fingerprint density at radius 1 is 1.15 bits per heavy atom. The molecule has 1 aliphatic rings. The summed E-state index contributed by atoms with van der Waals surface area (Å²) in [6, 6.07) is 16.5. The van der Waals surface area contributed by atoms with Crippen molar-refractivity contribution in [2.75, 3.05) is 33.5 Å². The molecule has 2 unspecified atom stereocenters. The van der Waals surface area contributed by atoms with Crippen LogP contribution in [0.2, 0.25) is 0 Å². The monoisotopic (exact) mass is 357 g/mol. The number of hydrogen-bond donors (Lipinski definition) is 1. The van der Waals surface area contributed by atoms with Gasteiger partial charge in [0.25, 0.3) is 0 Å². The van der Waals surface area contributed by atoms with Crippen LogP contribution in [0, 0.1) is 0 Å². The molecule has 5 nitrogen and oxygen atoms in total. The number of aliphatic hydroxyl groups is 1. The van der Waals surface area contributed by atoms with Crippen molar-refractivity contribution in [3.63, 3.8) is 0 Å². The second kappa shape index (κ2) is 9.03. The molecule has 0 bridgehead atoms. The third-order valence-corrected chi connectivity index (χ3v) is 4.67. The molecular formula is C21H27NO4. The van der Waals surface area contributed by atoms with Gasteiger partial charge in [0.15, 0.2) is 11.5 Å². The molecular weight excluding hydrogens is 330 g/mol. The quantitative estimate of drug-likeness (QED) is 0.825. The van der Waals surface area contributed by atoms with Crippen LogP contribution in [0.5, 0.6) is 11.5 Å².